The number of benzene rings is 1. The zero-order valence-electron chi connectivity index (χ0n) is 17.3. The van der Waals surface area contributed by atoms with Crippen molar-refractivity contribution in [2.24, 2.45) is 10.9 Å². The van der Waals surface area contributed by atoms with Crippen molar-refractivity contribution in [3.8, 4) is 0 Å². The zero-order chi connectivity index (χ0) is 20.7. The molecule has 28 heavy (non-hydrogen) atoms. The SMILES string of the molecule is CN=C(NCC(C)CN1CCN(C)CC1)N(C)Cc1ccc(C(F)(F)F)cc1. The summed E-state index contributed by atoms with van der Waals surface area (Å²) >= 11 is 0. The van der Waals surface area contributed by atoms with Crippen molar-refractivity contribution in [3.63, 3.8) is 0 Å². The van der Waals surface area contributed by atoms with Gasteiger partial charge in [0.2, 0.25) is 0 Å². The van der Waals surface area contributed by atoms with Gasteiger partial charge in [-0.3, -0.25) is 4.99 Å². The summed E-state index contributed by atoms with van der Waals surface area (Å²) in [6, 6.07) is 5.28. The zero-order valence-corrected chi connectivity index (χ0v) is 17.3. The summed E-state index contributed by atoms with van der Waals surface area (Å²) in [5.74, 6) is 1.21. The number of aliphatic imine (C=N–C) groups is 1. The monoisotopic (exact) mass is 399 g/mol. The minimum Gasteiger partial charge on any atom is -0.356 e. The third-order valence-corrected chi connectivity index (χ3v) is 5.05. The van der Waals surface area contributed by atoms with Crippen LogP contribution in [0.15, 0.2) is 29.3 Å². The molecule has 0 amide bonds. The fourth-order valence-corrected chi connectivity index (χ4v) is 3.33. The number of rotatable bonds is 6. The molecule has 2 rings (SSSR count). The molecular formula is C20H32F3N5. The van der Waals surface area contributed by atoms with Crippen LogP contribution in [-0.2, 0) is 12.7 Å². The second kappa shape index (κ2) is 10.1. The van der Waals surface area contributed by atoms with Crippen LogP contribution < -0.4 is 5.32 Å². The van der Waals surface area contributed by atoms with Crippen LogP contribution in [0.3, 0.4) is 0 Å². The molecule has 0 aliphatic carbocycles. The van der Waals surface area contributed by atoms with E-state index in [1.807, 2.05) is 11.9 Å². The highest BCUT2D eigenvalue weighted by Gasteiger charge is 2.30. The van der Waals surface area contributed by atoms with Gasteiger partial charge in [-0.15, -0.1) is 0 Å². The first-order chi connectivity index (χ1) is 13.2. The Morgan fingerprint density at radius 2 is 1.79 bits per heavy atom. The van der Waals surface area contributed by atoms with Gasteiger partial charge in [0, 0.05) is 59.9 Å². The molecule has 0 radical (unpaired) electrons. The Kier molecular flexibility index (Phi) is 8.12. The predicted octanol–water partition coefficient (Wildman–Crippen LogP) is 2.60. The number of alkyl halides is 3. The van der Waals surface area contributed by atoms with E-state index in [9.17, 15) is 13.2 Å². The second-order valence-electron chi connectivity index (χ2n) is 7.69. The second-order valence-corrected chi connectivity index (χ2v) is 7.69. The summed E-state index contributed by atoms with van der Waals surface area (Å²) in [6.45, 7) is 8.97. The Morgan fingerprint density at radius 1 is 1.18 bits per heavy atom. The number of nitrogens with zero attached hydrogens (tertiary/aromatic N) is 4. The molecule has 158 valence electrons. The molecule has 1 aromatic carbocycles. The molecule has 1 aliphatic rings. The van der Waals surface area contributed by atoms with Gasteiger partial charge >= 0.3 is 6.18 Å². The molecule has 1 aromatic rings. The van der Waals surface area contributed by atoms with Crippen molar-refractivity contribution in [3.05, 3.63) is 35.4 Å². The van der Waals surface area contributed by atoms with Gasteiger partial charge in [-0.25, -0.2) is 0 Å². The first kappa shape index (κ1) is 22.5. The van der Waals surface area contributed by atoms with Crippen LogP contribution in [0.5, 0.6) is 0 Å². The van der Waals surface area contributed by atoms with Gasteiger partial charge in [0.1, 0.15) is 0 Å². The van der Waals surface area contributed by atoms with Gasteiger partial charge in [-0.2, -0.15) is 13.2 Å². The maximum Gasteiger partial charge on any atom is 0.416 e. The van der Waals surface area contributed by atoms with Crippen molar-refractivity contribution in [1.82, 2.24) is 20.0 Å². The molecule has 5 nitrogen and oxygen atoms in total. The predicted molar refractivity (Wildman–Crippen MR) is 107 cm³/mol. The Hall–Kier alpha value is -1.80. The van der Waals surface area contributed by atoms with Gasteiger partial charge < -0.3 is 20.0 Å². The van der Waals surface area contributed by atoms with E-state index in [0.717, 1.165) is 62.9 Å². The molecule has 1 saturated heterocycles. The average molecular weight is 400 g/mol. The van der Waals surface area contributed by atoms with E-state index in [2.05, 4.69) is 34.1 Å². The quantitative estimate of drug-likeness (QED) is 0.589. The summed E-state index contributed by atoms with van der Waals surface area (Å²) in [6.07, 6.45) is -4.30. The summed E-state index contributed by atoms with van der Waals surface area (Å²) in [4.78, 5) is 11.1. The number of piperazine rings is 1. The molecule has 1 fully saturated rings. The lowest BCUT2D eigenvalue weighted by Crippen LogP contribution is -2.47. The van der Waals surface area contributed by atoms with E-state index < -0.39 is 11.7 Å². The highest BCUT2D eigenvalue weighted by Crippen LogP contribution is 2.29. The van der Waals surface area contributed by atoms with E-state index in [4.69, 9.17) is 0 Å². The minimum absolute atomic E-state index is 0.472. The molecule has 1 atom stereocenters. The standard InChI is InChI=1S/C20H32F3N5/c1-16(14-28-11-9-26(3)10-12-28)13-25-19(24-2)27(4)15-17-5-7-18(8-6-17)20(21,22)23/h5-8,16H,9-15H2,1-4H3,(H,24,25). The third kappa shape index (κ3) is 6.98. The summed E-state index contributed by atoms with van der Waals surface area (Å²) in [5.41, 5.74) is 0.183. The number of hydrogen-bond acceptors (Lipinski definition) is 3. The summed E-state index contributed by atoms with van der Waals surface area (Å²) < 4.78 is 38.0. The molecule has 8 heteroatoms. The maximum atomic E-state index is 12.7. The molecule has 1 heterocycles. The van der Waals surface area contributed by atoms with Gasteiger partial charge in [0.25, 0.3) is 0 Å². The Bertz CT molecular complexity index is 622. The lowest BCUT2D eigenvalue weighted by Gasteiger charge is -2.34. The normalized spacial score (nSPS) is 18.2. The van der Waals surface area contributed by atoms with E-state index in [1.165, 1.54) is 12.1 Å². The van der Waals surface area contributed by atoms with Crippen LogP contribution in [-0.4, -0.2) is 81.1 Å². The smallest absolute Gasteiger partial charge is 0.356 e. The molecule has 1 aliphatic heterocycles. The van der Waals surface area contributed by atoms with Crippen LogP contribution in [0.4, 0.5) is 13.2 Å². The van der Waals surface area contributed by atoms with Gasteiger partial charge in [-0.05, 0) is 30.7 Å². The van der Waals surface area contributed by atoms with Crippen molar-refractivity contribution < 1.29 is 13.2 Å². The van der Waals surface area contributed by atoms with E-state index in [1.54, 1.807) is 7.05 Å². The molecule has 0 bridgehead atoms. The maximum absolute atomic E-state index is 12.7. The Labute approximate surface area is 166 Å². The number of guanidine groups is 1. The van der Waals surface area contributed by atoms with Gasteiger partial charge in [0.15, 0.2) is 5.96 Å². The number of halogens is 3. The lowest BCUT2D eigenvalue weighted by atomic mass is 10.1. The first-order valence-electron chi connectivity index (χ1n) is 9.68. The highest BCUT2D eigenvalue weighted by molar-refractivity contribution is 5.79. The molecule has 0 aromatic heterocycles. The molecule has 0 spiro atoms. The average Bonchev–Trinajstić information content (AvgIpc) is 2.64. The lowest BCUT2D eigenvalue weighted by molar-refractivity contribution is -0.137. The minimum atomic E-state index is -4.30. The molecule has 0 saturated carbocycles. The van der Waals surface area contributed by atoms with Crippen molar-refractivity contribution in [2.45, 2.75) is 19.6 Å². The summed E-state index contributed by atoms with van der Waals surface area (Å²) in [5, 5.41) is 3.38. The van der Waals surface area contributed by atoms with Crippen LogP contribution in [0.1, 0.15) is 18.1 Å². The van der Waals surface area contributed by atoms with Crippen LogP contribution in [0.25, 0.3) is 0 Å². The van der Waals surface area contributed by atoms with E-state index >= 15 is 0 Å². The fourth-order valence-electron chi connectivity index (χ4n) is 3.33. The largest absolute Gasteiger partial charge is 0.416 e. The van der Waals surface area contributed by atoms with Crippen molar-refractivity contribution in [2.75, 3.05) is 60.4 Å². The van der Waals surface area contributed by atoms with Crippen LogP contribution in [0.2, 0.25) is 0 Å². The number of nitrogens with one attached hydrogen (secondary N) is 1. The van der Waals surface area contributed by atoms with Crippen LogP contribution >= 0.6 is 0 Å². The molecule has 1 N–H and O–H groups in total. The van der Waals surface area contributed by atoms with Crippen molar-refractivity contribution >= 4 is 5.96 Å². The van der Waals surface area contributed by atoms with Gasteiger partial charge in [0.05, 0.1) is 5.56 Å². The number of hydrogen-bond donors (Lipinski definition) is 1. The molecule has 1 unspecified atom stereocenters. The first-order valence-corrected chi connectivity index (χ1v) is 9.68. The number of likely N-dealkylation sites (N-methyl/N-ethyl adjacent to an activating group) is 1. The third-order valence-electron chi connectivity index (χ3n) is 5.05. The highest BCUT2D eigenvalue weighted by atomic mass is 19.4. The van der Waals surface area contributed by atoms with E-state index in [-0.39, 0.29) is 0 Å². The fraction of sp³-hybridized carbons (Fsp3) is 0.650. The van der Waals surface area contributed by atoms with Crippen LogP contribution in [0, 0.1) is 5.92 Å². The Balaban J connectivity index is 1.80. The van der Waals surface area contributed by atoms with E-state index in [0.29, 0.717) is 12.5 Å². The van der Waals surface area contributed by atoms with Crippen molar-refractivity contribution in [1.29, 1.82) is 0 Å². The summed E-state index contributed by atoms with van der Waals surface area (Å²) in [7, 11) is 5.76. The topological polar surface area (TPSA) is 34.1 Å². The van der Waals surface area contributed by atoms with Gasteiger partial charge in [-0.1, -0.05) is 19.1 Å². The molecular weight excluding hydrogens is 367 g/mol. The Morgan fingerprint density at radius 3 is 2.32 bits per heavy atom.